The van der Waals surface area contributed by atoms with E-state index in [1.54, 1.807) is 25.1 Å². The van der Waals surface area contributed by atoms with Crippen LogP contribution in [-0.2, 0) is 9.53 Å². The summed E-state index contributed by atoms with van der Waals surface area (Å²) in [4.78, 5) is 22.3. The minimum absolute atomic E-state index is 0.0353. The van der Waals surface area contributed by atoms with Gasteiger partial charge in [-0.25, -0.2) is 0 Å². The summed E-state index contributed by atoms with van der Waals surface area (Å²) in [5, 5.41) is 0. The van der Waals surface area contributed by atoms with Gasteiger partial charge in [0, 0.05) is 16.8 Å². The SMILES string of the molecule is CCOC(=O)CC#Cc1ccc(N)c(C(C)=O)c1. The first-order valence-electron chi connectivity index (χ1n) is 5.59. The van der Waals surface area contributed by atoms with Crippen molar-refractivity contribution >= 4 is 17.4 Å². The third kappa shape index (κ3) is 3.95. The molecule has 4 heteroatoms. The van der Waals surface area contributed by atoms with E-state index >= 15 is 0 Å². The number of Topliss-reactive ketones (excluding diaryl/α,β-unsaturated/α-hetero) is 1. The molecule has 0 aromatic heterocycles. The maximum absolute atomic E-state index is 11.3. The van der Waals surface area contributed by atoms with Crippen molar-refractivity contribution < 1.29 is 14.3 Å². The summed E-state index contributed by atoms with van der Waals surface area (Å²) in [5.74, 6) is 5.03. The highest BCUT2D eigenvalue weighted by Crippen LogP contribution is 2.14. The molecule has 2 N–H and O–H groups in total. The van der Waals surface area contributed by atoms with Crippen LogP contribution in [0.25, 0.3) is 0 Å². The summed E-state index contributed by atoms with van der Waals surface area (Å²) in [6.07, 6.45) is 0.0353. The quantitative estimate of drug-likeness (QED) is 0.381. The second-order valence-electron chi connectivity index (χ2n) is 3.64. The van der Waals surface area contributed by atoms with Gasteiger partial charge in [-0.2, -0.15) is 0 Å². The first kappa shape index (κ1) is 13.8. The van der Waals surface area contributed by atoms with E-state index in [4.69, 9.17) is 10.5 Å². The van der Waals surface area contributed by atoms with Crippen molar-refractivity contribution in [3.8, 4) is 11.8 Å². The molecule has 0 saturated carbocycles. The molecule has 1 aromatic rings. The van der Waals surface area contributed by atoms with Crippen LogP contribution in [0.5, 0.6) is 0 Å². The number of nitrogens with two attached hydrogens (primary N) is 1. The van der Waals surface area contributed by atoms with Crippen LogP contribution in [0.2, 0.25) is 0 Å². The zero-order valence-corrected chi connectivity index (χ0v) is 10.4. The van der Waals surface area contributed by atoms with Crippen LogP contribution >= 0.6 is 0 Å². The Morgan fingerprint density at radius 2 is 2.11 bits per heavy atom. The van der Waals surface area contributed by atoms with Crippen molar-refractivity contribution in [2.75, 3.05) is 12.3 Å². The molecular weight excluding hydrogens is 230 g/mol. The third-order valence-electron chi connectivity index (χ3n) is 2.20. The van der Waals surface area contributed by atoms with E-state index < -0.39 is 0 Å². The molecule has 0 fully saturated rings. The Bertz CT molecular complexity index is 524. The molecule has 0 aliphatic rings. The highest BCUT2D eigenvalue weighted by molar-refractivity contribution is 5.99. The monoisotopic (exact) mass is 245 g/mol. The standard InChI is InChI=1S/C14H15NO3/c1-3-18-14(17)6-4-5-11-7-8-13(15)12(9-11)10(2)16/h7-9H,3,6,15H2,1-2H3. The highest BCUT2D eigenvalue weighted by atomic mass is 16.5. The highest BCUT2D eigenvalue weighted by Gasteiger charge is 2.04. The van der Waals surface area contributed by atoms with Gasteiger partial charge in [-0.3, -0.25) is 9.59 Å². The second-order valence-corrected chi connectivity index (χ2v) is 3.64. The summed E-state index contributed by atoms with van der Waals surface area (Å²) in [5.41, 5.74) is 7.19. The number of carbonyl (C=O) groups excluding carboxylic acids is 2. The molecule has 1 rings (SSSR count). The maximum Gasteiger partial charge on any atom is 0.317 e. The van der Waals surface area contributed by atoms with E-state index in [0.717, 1.165) is 0 Å². The van der Waals surface area contributed by atoms with E-state index in [0.29, 0.717) is 23.4 Å². The Kier molecular flexibility index (Phi) is 4.94. The lowest BCUT2D eigenvalue weighted by Gasteiger charge is -2.01. The molecule has 0 saturated heterocycles. The zero-order chi connectivity index (χ0) is 13.5. The molecule has 4 nitrogen and oxygen atoms in total. The van der Waals surface area contributed by atoms with Crippen molar-refractivity contribution in [1.82, 2.24) is 0 Å². The number of benzene rings is 1. The molecular formula is C14H15NO3. The summed E-state index contributed by atoms with van der Waals surface area (Å²) < 4.78 is 4.75. The minimum atomic E-state index is -0.354. The zero-order valence-electron chi connectivity index (χ0n) is 10.4. The Morgan fingerprint density at radius 1 is 1.39 bits per heavy atom. The number of hydrogen-bond acceptors (Lipinski definition) is 4. The average Bonchev–Trinajstić information content (AvgIpc) is 2.31. The number of anilines is 1. The van der Waals surface area contributed by atoms with Gasteiger partial charge < -0.3 is 10.5 Å². The predicted octanol–water partition coefficient (Wildman–Crippen LogP) is 1.78. The lowest BCUT2D eigenvalue weighted by molar-refractivity contribution is -0.141. The summed E-state index contributed by atoms with van der Waals surface area (Å²) >= 11 is 0. The smallest absolute Gasteiger partial charge is 0.317 e. The lowest BCUT2D eigenvalue weighted by Crippen LogP contribution is -2.02. The number of carbonyl (C=O) groups is 2. The first-order chi connectivity index (χ1) is 8.54. The van der Waals surface area contributed by atoms with Gasteiger partial charge in [-0.15, -0.1) is 0 Å². The van der Waals surface area contributed by atoms with E-state index in [-0.39, 0.29) is 18.2 Å². The lowest BCUT2D eigenvalue weighted by atomic mass is 10.1. The van der Waals surface area contributed by atoms with Crippen LogP contribution in [0.15, 0.2) is 18.2 Å². The fraction of sp³-hybridized carbons (Fsp3) is 0.286. The third-order valence-corrected chi connectivity index (χ3v) is 2.20. The van der Waals surface area contributed by atoms with Gasteiger partial charge >= 0.3 is 5.97 Å². The van der Waals surface area contributed by atoms with Crippen molar-refractivity contribution in [1.29, 1.82) is 0 Å². The Hall–Kier alpha value is -2.28. The predicted molar refractivity (Wildman–Crippen MR) is 69.0 cm³/mol. The number of rotatable bonds is 3. The van der Waals surface area contributed by atoms with Crippen LogP contribution in [0.4, 0.5) is 5.69 Å². The summed E-state index contributed by atoms with van der Waals surface area (Å²) in [6, 6.07) is 4.96. The first-order valence-corrected chi connectivity index (χ1v) is 5.59. The molecule has 0 bridgehead atoms. The van der Waals surface area contributed by atoms with Gasteiger partial charge in [0.1, 0.15) is 6.42 Å². The van der Waals surface area contributed by atoms with Gasteiger partial charge in [-0.05, 0) is 32.0 Å². The molecule has 1 aromatic carbocycles. The van der Waals surface area contributed by atoms with E-state index in [9.17, 15) is 9.59 Å². The van der Waals surface area contributed by atoms with Crippen molar-refractivity contribution in [2.24, 2.45) is 0 Å². The molecule has 0 atom stereocenters. The molecule has 0 heterocycles. The van der Waals surface area contributed by atoms with Crippen molar-refractivity contribution in [3.05, 3.63) is 29.3 Å². The number of esters is 1. The van der Waals surface area contributed by atoms with Gasteiger partial charge in [0.05, 0.1) is 6.61 Å². The molecule has 0 radical (unpaired) electrons. The molecule has 0 aliphatic heterocycles. The van der Waals surface area contributed by atoms with Crippen LogP contribution in [-0.4, -0.2) is 18.4 Å². The summed E-state index contributed by atoms with van der Waals surface area (Å²) in [6.45, 7) is 3.53. The number of ether oxygens (including phenoxy) is 1. The minimum Gasteiger partial charge on any atom is -0.465 e. The van der Waals surface area contributed by atoms with E-state index in [1.807, 2.05) is 0 Å². The molecule has 94 valence electrons. The normalized spacial score (nSPS) is 9.22. The number of ketones is 1. The fourth-order valence-corrected chi connectivity index (χ4v) is 1.37. The molecule has 0 spiro atoms. The molecule has 18 heavy (non-hydrogen) atoms. The van der Waals surface area contributed by atoms with Gasteiger partial charge in [0.25, 0.3) is 0 Å². The Labute approximate surface area is 106 Å². The van der Waals surface area contributed by atoms with Crippen LogP contribution < -0.4 is 5.73 Å². The van der Waals surface area contributed by atoms with Gasteiger partial charge in [0.2, 0.25) is 0 Å². The number of nitrogen functional groups attached to an aromatic ring is 1. The van der Waals surface area contributed by atoms with E-state index in [2.05, 4.69) is 11.8 Å². The van der Waals surface area contributed by atoms with Gasteiger partial charge in [-0.1, -0.05) is 11.8 Å². The second kappa shape index (κ2) is 6.45. The molecule has 0 aliphatic carbocycles. The van der Waals surface area contributed by atoms with Gasteiger partial charge in [0.15, 0.2) is 5.78 Å². The largest absolute Gasteiger partial charge is 0.465 e. The summed E-state index contributed by atoms with van der Waals surface area (Å²) in [7, 11) is 0. The molecule has 0 unspecified atom stereocenters. The Balaban J connectivity index is 2.80. The Morgan fingerprint density at radius 3 is 2.72 bits per heavy atom. The van der Waals surface area contributed by atoms with Crippen LogP contribution in [0.3, 0.4) is 0 Å². The average molecular weight is 245 g/mol. The van der Waals surface area contributed by atoms with Crippen LogP contribution in [0.1, 0.15) is 36.2 Å². The van der Waals surface area contributed by atoms with E-state index in [1.165, 1.54) is 6.92 Å². The van der Waals surface area contributed by atoms with Crippen molar-refractivity contribution in [3.63, 3.8) is 0 Å². The molecule has 0 amide bonds. The number of hydrogen-bond donors (Lipinski definition) is 1. The van der Waals surface area contributed by atoms with Crippen molar-refractivity contribution in [2.45, 2.75) is 20.3 Å². The maximum atomic E-state index is 11.3. The topological polar surface area (TPSA) is 69.4 Å². The fourth-order valence-electron chi connectivity index (χ4n) is 1.37. The van der Waals surface area contributed by atoms with Crippen LogP contribution in [0, 0.1) is 11.8 Å².